The maximum Gasteiger partial charge on any atom is 0.307 e. The molecule has 0 aromatic rings. The molecule has 2 unspecified atom stereocenters. The van der Waals surface area contributed by atoms with Crippen LogP contribution in [-0.4, -0.2) is 46.5 Å². The highest BCUT2D eigenvalue weighted by molar-refractivity contribution is 7.99. The second-order valence-electron chi connectivity index (χ2n) is 5.13. The molecule has 2 fully saturated rings. The topological polar surface area (TPSA) is 57.6 Å². The summed E-state index contributed by atoms with van der Waals surface area (Å²) < 4.78 is 0. The van der Waals surface area contributed by atoms with E-state index >= 15 is 0 Å². The Balaban J connectivity index is 2.02. The number of carboxylic acid groups (broad SMARTS) is 1. The van der Waals surface area contributed by atoms with Crippen LogP contribution in [0.4, 0.5) is 0 Å². The molecular weight excluding hydrogens is 250 g/mol. The van der Waals surface area contributed by atoms with E-state index in [0.717, 1.165) is 50.3 Å². The molecule has 1 saturated carbocycles. The van der Waals surface area contributed by atoms with Gasteiger partial charge in [-0.1, -0.05) is 12.8 Å². The maximum absolute atomic E-state index is 12.5. The molecule has 18 heavy (non-hydrogen) atoms. The lowest BCUT2D eigenvalue weighted by molar-refractivity contribution is -0.152. The molecule has 0 bridgehead atoms. The van der Waals surface area contributed by atoms with Gasteiger partial charge in [0, 0.05) is 18.8 Å². The molecule has 2 rings (SSSR count). The molecule has 0 radical (unpaired) electrons. The fourth-order valence-electron chi connectivity index (χ4n) is 2.92. The number of carbonyl (C=O) groups is 2. The van der Waals surface area contributed by atoms with Crippen molar-refractivity contribution >= 4 is 23.6 Å². The highest BCUT2D eigenvalue weighted by Gasteiger charge is 2.37. The first-order valence-electron chi connectivity index (χ1n) is 6.79. The number of aliphatic carboxylic acids is 1. The number of amides is 1. The van der Waals surface area contributed by atoms with Crippen molar-refractivity contribution in [2.75, 3.05) is 24.6 Å². The summed E-state index contributed by atoms with van der Waals surface area (Å²) in [5, 5.41) is 9.24. The molecule has 2 atom stereocenters. The molecule has 1 heterocycles. The molecule has 5 heteroatoms. The summed E-state index contributed by atoms with van der Waals surface area (Å²) in [6, 6.07) is 0. The Morgan fingerprint density at radius 2 is 1.72 bits per heavy atom. The summed E-state index contributed by atoms with van der Waals surface area (Å²) in [5.74, 6) is 0.649. The lowest BCUT2D eigenvalue weighted by Crippen LogP contribution is -2.43. The van der Waals surface area contributed by atoms with E-state index in [1.54, 1.807) is 0 Å². The van der Waals surface area contributed by atoms with Gasteiger partial charge in [-0.05, 0) is 25.0 Å². The van der Waals surface area contributed by atoms with Crippen molar-refractivity contribution < 1.29 is 14.7 Å². The van der Waals surface area contributed by atoms with Crippen LogP contribution in [0.2, 0.25) is 0 Å². The van der Waals surface area contributed by atoms with Crippen molar-refractivity contribution in [1.82, 2.24) is 4.90 Å². The van der Waals surface area contributed by atoms with Gasteiger partial charge in [-0.25, -0.2) is 0 Å². The third-order valence-electron chi connectivity index (χ3n) is 3.93. The summed E-state index contributed by atoms with van der Waals surface area (Å²) in [6.45, 7) is 1.58. The summed E-state index contributed by atoms with van der Waals surface area (Å²) in [4.78, 5) is 25.6. The molecule has 1 N–H and O–H groups in total. The van der Waals surface area contributed by atoms with Gasteiger partial charge < -0.3 is 10.0 Å². The average molecular weight is 271 g/mol. The molecule has 102 valence electrons. The van der Waals surface area contributed by atoms with Crippen molar-refractivity contribution in [3.05, 3.63) is 0 Å². The molecule has 1 aliphatic carbocycles. The fraction of sp³-hybridized carbons (Fsp3) is 0.846. The van der Waals surface area contributed by atoms with Gasteiger partial charge in [0.05, 0.1) is 11.8 Å². The Bertz CT molecular complexity index is 313. The third-order valence-corrected chi connectivity index (χ3v) is 4.98. The largest absolute Gasteiger partial charge is 0.481 e. The van der Waals surface area contributed by atoms with Gasteiger partial charge in [0.25, 0.3) is 0 Å². The molecule has 0 aromatic heterocycles. The van der Waals surface area contributed by atoms with Crippen LogP contribution in [0.15, 0.2) is 0 Å². The number of carboxylic acids is 1. The summed E-state index contributed by atoms with van der Waals surface area (Å²) in [7, 11) is 0. The van der Waals surface area contributed by atoms with Crippen molar-refractivity contribution in [3.63, 3.8) is 0 Å². The second-order valence-corrected chi connectivity index (χ2v) is 6.35. The van der Waals surface area contributed by atoms with Gasteiger partial charge in [-0.15, -0.1) is 0 Å². The molecular formula is C13H21NO3S. The van der Waals surface area contributed by atoms with Crippen LogP contribution >= 0.6 is 11.8 Å². The molecule has 1 saturated heterocycles. The van der Waals surface area contributed by atoms with E-state index in [-0.39, 0.29) is 11.8 Å². The minimum absolute atomic E-state index is 0.0876. The number of carbonyl (C=O) groups excluding carboxylic acids is 1. The zero-order valence-corrected chi connectivity index (χ0v) is 11.5. The van der Waals surface area contributed by atoms with Crippen molar-refractivity contribution in [2.24, 2.45) is 11.8 Å². The average Bonchev–Trinajstić information content (AvgIpc) is 2.66. The summed E-state index contributed by atoms with van der Waals surface area (Å²) >= 11 is 1.88. The Hall–Kier alpha value is -0.710. The molecule has 4 nitrogen and oxygen atoms in total. The van der Waals surface area contributed by atoms with E-state index in [4.69, 9.17) is 0 Å². The Morgan fingerprint density at radius 1 is 1.00 bits per heavy atom. The molecule has 0 aromatic carbocycles. The van der Waals surface area contributed by atoms with Gasteiger partial charge in [0.15, 0.2) is 0 Å². The van der Waals surface area contributed by atoms with E-state index in [9.17, 15) is 14.7 Å². The number of rotatable bonds is 2. The predicted octanol–water partition coefficient (Wildman–Crippen LogP) is 1.84. The number of hydrogen-bond acceptors (Lipinski definition) is 3. The highest BCUT2D eigenvalue weighted by atomic mass is 32.2. The molecule has 0 spiro atoms. The number of nitrogens with zero attached hydrogens (tertiary/aromatic N) is 1. The second kappa shape index (κ2) is 6.45. The molecule has 2 aliphatic rings. The Labute approximate surface area is 112 Å². The van der Waals surface area contributed by atoms with Crippen LogP contribution in [0.5, 0.6) is 0 Å². The highest BCUT2D eigenvalue weighted by Crippen LogP contribution is 2.32. The lowest BCUT2D eigenvalue weighted by Gasteiger charge is -2.32. The fourth-order valence-corrected chi connectivity index (χ4v) is 3.81. The minimum Gasteiger partial charge on any atom is -0.481 e. The van der Waals surface area contributed by atoms with Crippen LogP contribution in [-0.2, 0) is 9.59 Å². The van der Waals surface area contributed by atoms with Crippen molar-refractivity contribution in [2.45, 2.75) is 32.1 Å². The number of hydrogen-bond donors (Lipinski definition) is 1. The quantitative estimate of drug-likeness (QED) is 0.832. The van der Waals surface area contributed by atoms with E-state index in [0.29, 0.717) is 6.42 Å². The van der Waals surface area contributed by atoms with E-state index < -0.39 is 11.9 Å². The van der Waals surface area contributed by atoms with Crippen LogP contribution in [0.25, 0.3) is 0 Å². The van der Waals surface area contributed by atoms with E-state index in [1.807, 2.05) is 16.7 Å². The van der Waals surface area contributed by atoms with Crippen LogP contribution in [0.3, 0.4) is 0 Å². The monoisotopic (exact) mass is 271 g/mol. The maximum atomic E-state index is 12.5. The lowest BCUT2D eigenvalue weighted by atomic mass is 9.78. The van der Waals surface area contributed by atoms with Crippen LogP contribution in [0.1, 0.15) is 32.1 Å². The Morgan fingerprint density at radius 3 is 2.44 bits per heavy atom. The van der Waals surface area contributed by atoms with Gasteiger partial charge in [0.2, 0.25) is 5.91 Å². The standard InChI is InChI=1S/C13H21NO3S/c15-12(14-6-3-8-18-9-7-14)10-4-1-2-5-11(10)13(16)17/h10-11H,1-9H2,(H,16,17). The summed E-state index contributed by atoms with van der Waals surface area (Å²) in [6.07, 6.45) is 4.37. The summed E-state index contributed by atoms with van der Waals surface area (Å²) in [5.41, 5.74) is 0. The minimum atomic E-state index is -0.794. The first-order chi connectivity index (χ1) is 8.70. The predicted molar refractivity (Wildman–Crippen MR) is 71.6 cm³/mol. The van der Waals surface area contributed by atoms with Crippen molar-refractivity contribution in [3.8, 4) is 0 Å². The van der Waals surface area contributed by atoms with Gasteiger partial charge in [-0.3, -0.25) is 9.59 Å². The zero-order valence-electron chi connectivity index (χ0n) is 10.6. The van der Waals surface area contributed by atoms with E-state index in [1.165, 1.54) is 0 Å². The van der Waals surface area contributed by atoms with E-state index in [2.05, 4.69) is 0 Å². The molecule has 1 amide bonds. The first kappa shape index (κ1) is 13.7. The Kier molecular flexibility index (Phi) is 4.92. The molecule has 1 aliphatic heterocycles. The zero-order chi connectivity index (χ0) is 13.0. The van der Waals surface area contributed by atoms with Gasteiger partial charge in [-0.2, -0.15) is 11.8 Å². The SMILES string of the molecule is O=C(O)C1CCCCC1C(=O)N1CCCSCC1. The van der Waals surface area contributed by atoms with Crippen LogP contribution in [0, 0.1) is 11.8 Å². The first-order valence-corrected chi connectivity index (χ1v) is 7.95. The number of thioether (sulfide) groups is 1. The smallest absolute Gasteiger partial charge is 0.307 e. The van der Waals surface area contributed by atoms with Gasteiger partial charge >= 0.3 is 5.97 Å². The third kappa shape index (κ3) is 3.19. The van der Waals surface area contributed by atoms with Gasteiger partial charge in [0.1, 0.15) is 0 Å². The van der Waals surface area contributed by atoms with Crippen molar-refractivity contribution in [1.29, 1.82) is 0 Å². The van der Waals surface area contributed by atoms with Crippen LogP contribution < -0.4 is 0 Å². The normalized spacial score (nSPS) is 29.7.